The molecule has 4 N–H and O–H groups in total. The molecule has 4 aliphatic rings. The van der Waals surface area contributed by atoms with Crippen LogP contribution in [0.25, 0.3) is 0 Å². The largest absolute Gasteiger partial charge is 0.391 e. The van der Waals surface area contributed by atoms with Gasteiger partial charge in [0, 0.05) is 25.2 Å². The maximum Gasteiger partial charge on any atom is 0.391 e. The average Bonchev–Trinajstić information content (AvgIpc) is 3.21. The summed E-state index contributed by atoms with van der Waals surface area (Å²) in [7, 11) is 0. The second kappa shape index (κ2) is 8.15. The molecule has 4 unspecified atom stereocenters. The fourth-order valence-electron chi connectivity index (χ4n) is 6.35. The first kappa shape index (κ1) is 22.7. The van der Waals surface area contributed by atoms with Gasteiger partial charge in [0.1, 0.15) is 17.9 Å². The molecule has 1 saturated carbocycles. The predicted octanol–water partition coefficient (Wildman–Crippen LogP) is 2.01. The number of likely N-dealkylation sites (tertiary alicyclic amines) is 1. The molecule has 0 bridgehead atoms. The number of alkyl halides is 3. The molecule has 30 heavy (non-hydrogen) atoms. The molecule has 3 saturated heterocycles. The van der Waals surface area contributed by atoms with Crippen molar-refractivity contribution in [1.82, 2.24) is 15.5 Å². The van der Waals surface area contributed by atoms with Crippen LogP contribution in [0.5, 0.6) is 0 Å². The third-order valence-electron chi connectivity index (χ3n) is 8.37. The molecule has 4 fully saturated rings. The fourth-order valence-corrected chi connectivity index (χ4v) is 6.35. The zero-order valence-electron chi connectivity index (χ0n) is 18.0. The topological polar surface area (TPSA) is 77.0 Å². The van der Waals surface area contributed by atoms with Gasteiger partial charge in [-0.3, -0.25) is 10.2 Å². The predicted molar refractivity (Wildman–Crippen MR) is 105 cm³/mol. The number of ether oxygens (including phenoxy) is 1. The van der Waals surface area contributed by atoms with Crippen LogP contribution in [-0.4, -0.2) is 70.7 Å². The summed E-state index contributed by atoms with van der Waals surface area (Å²) in [5.41, 5.74) is -1.44. The molecule has 1 aliphatic carbocycles. The normalized spacial score (nSPS) is 49.2. The van der Waals surface area contributed by atoms with Gasteiger partial charge in [-0.1, -0.05) is 6.92 Å². The van der Waals surface area contributed by atoms with Crippen molar-refractivity contribution in [2.24, 2.45) is 23.7 Å². The van der Waals surface area contributed by atoms with E-state index < -0.39 is 36.1 Å². The molecule has 0 spiro atoms. The highest BCUT2D eigenvalue weighted by Gasteiger charge is 2.59. The first-order chi connectivity index (χ1) is 14.0. The summed E-state index contributed by atoms with van der Waals surface area (Å²) in [5, 5.41) is 29.0. The van der Waals surface area contributed by atoms with Crippen molar-refractivity contribution in [3.05, 3.63) is 0 Å². The van der Waals surface area contributed by atoms with E-state index in [1.807, 2.05) is 6.92 Å². The van der Waals surface area contributed by atoms with E-state index in [0.717, 1.165) is 13.0 Å². The lowest BCUT2D eigenvalue weighted by Crippen LogP contribution is -2.62. The van der Waals surface area contributed by atoms with E-state index in [2.05, 4.69) is 22.5 Å². The van der Waals surface area contributed by atoms with Gasteiger partial charge in [0.15, 0.2) is 0 Å². The minimum atomic E-state index is -4.13. The summed E-state index contributed by atoms with van der Waals surface area (Å²) in [4.78, 5) is 2.12. The van der Waals surface area contributed by atoms with E-state index in [-0.39, 0.29) is 30.8 Å². The maximum absolute atomic E-state index is 13.0. The van der Waals surface area contributed by atoms with Crippen LogP contribution in [0.4, 0.5) is 13.2 Å². The molecule has 0 amide bonds. The van der Waals surface area contributed by atoms with Gasteiger partial charge in [0.2, 0.25) is 0 Å². The van der Waals surface area contributed by atoms with Crippen LogP contribution in [0.15, 0.2) is 0 Å². The Morgan fingerprint density at radius 1 is 1.13 bits per heavy atom. The molecule has 3 aliphatic heterocycles. The number of nitrogens with zero attached hydrogens (tertiary/aromatic N) is 1. The van der Waals surface area contributed by atoms with E-state index in [0.29, 0.717) is 31.5 Å². The van der Waals surface area contributed by atoms with Gasteiger partial charge in [0.25, 0.3) is 0 Å². The summed E-state index contributed by atoms with van der Waals surface area (Å²) in [6.45, 7) is 7.16. The Morgan fingerprint density at radius 3 is 2.43 bits per heavy atom. The van der Waals surface area contributed by atoms with Crippen molar-refractivity contribution in [3.63, 3.8) is 0 Å². The Labute approximate surface area is 176 Å². The summed E-state index contributed by atoms with van der Waals surface area (Å²) >= 11 is 0. The second-order valence-corrected chi connectivity index (χ2v) is 10.1. The van der Waals surface area contributed by atoms with Gasteiger partial charge >= 0.3 is 6.18 Å². The van der Waals surface area contributed by atoms with Crippen molar-refractivity contribution in [2.75, 3.05) is 13.2 Å². The van der Waals surface area contributed by atoms with Crippen molar-refractivity contribution in [3.8, 4) is 0 Å². The Balaban J connectivity index is 1.44. The maximum atomic E-state index is 13.0. The van der Waals surface area contributed by atoms with Crippen LogP contribution in [0.2, 0.25) is 0 Å². The van der Waals surface area contributed by atoms with Crippen LogP contribution in [0, 0.1) is 23.7 Å². The number of hydrogen-bond donors (Lipinski definition) is 4. The molecule has 9 heteroatoms. The Bertz CT molecular complexity index is 612. The Hall–Kier alpha value is -0.450. The highest BCUT2D eigenvalue weighted by atomic mass is 19.4. The lowest BCUT2D eigenvalue weighted by molar-refractivity contribution is -0.187. The third kappa shape index (κ3) is 3.90. The monoisotopic (exact) mass is 435 g/mol. The van der Waals surface area contributed by atoms with E-state index in [1.165, 1.54) is 0 Å². The van der Waals surface area contributed by atoms with Gasteiger partial charge in [-0.25, -0.2) is 0 Å². The summed E-state index contributed by atoms with van der Waals surface area (Å²) in [5.74, 6) is -0.908. The molecule has 0 radical (unpaired) electrons. The van der Waals surface area contributed by atoms with Crippen LogP contribution in [0.3, 0.4) is 0 Å². The highest BCUT2D eigenvalue weighted by molar-refractivity contribution is 5.06. The molecular formula is C21H36F3N3O3. The van der Waals surface area contributed by atoms with Gasteiger partial charge in [0.05, 0.1) is 18.2 Å². The second-order valence-electron chi connectivity index (χ2n) is 10.1. The number of hydrogen-bond acceptors (Lipinski definition) is 6. The zero-order chi connectivity index (χ0) is 21.8. The standard InChI is InChI=1S/C21H36F3N3O3/c1-11(13-4-6-14(7-5-13)21(22,23)24)17-20(3,29)16(28)19(30-17)27-9-8-15-12(2)25-10-26-18(15)27/h11-19,25-26,28-29H,4-10H2,1-3H3/t11-,12?,13?,14?,15?,16+,17?,18?,19-,20+/m1/s1. The first-order valence-corrected chi connectivity index (χ1v) is 11.4. The average molecular weight is 436 g/mol. The van der Waals surface area contributed by atoms with E-state index in [1.54, 1.807) is 6.92 Å². The van der Waals surface area contributed by atoms with Gasteiger partial charge in [-0.05, 0) is 57.8 Å². The SMILES string of the molecule is CC1NCNC2C1CCN2[C@@H]1OC([C@H](C)C2CCC(C(F)(F)F)CC2)[C@@](C)(O)[C@H]1O. The molecule has 174 valence electrons. The molecule has 6 nitrogen and oxygen atoms in total. The molecule has 0 aromatic carbocycles. The van der Waals surface area contributed by atoms with Crippen molar-refractivity contribution in [2.45, 2.75) is 95.3 Å². The number of fused-ring (bicyclic) bond motifs is 1. The lowest BCUT2D eigenvalue weighted by atomic mass is 9.71. The van der Waals surface area contributed by atoms with E-state index >= 15 is 0 Å². The van der Waals surface area contributed by atoms with Gasteiger partial charge in [-0.2, -0.15) is 13.2 Å². The molecule has 3 heterocycles. The summed E-state index contributed by atoms with van der Waals surface area (Å²) in [6.07, 6.45) is -4.17. The minimum absolute atomic E-state index is 0.0504. The van der Waals surface area contributed by atoms with Gasteiger partial charge in [-0.15, -0.1) is 0 Å². The number of nitrogens with one attached hydrogen (secondary N) is 2. The van der Waals surface area contributed by atoms with Crippen molar-refractivity contribution in [1.29, 1.82) is 0 Å². The summed E-state index contributed by atoms with van der Waals surface area (Å²) in [6, 6.07) is 0.360. The van der Waals surface area contributed by atoms with Crippen LogP contribution < -0.4 is 10.6 Å². The Kier molecular flexibility index (Phi) is 6.18. The number of aliphatic hydroxyl groups excluding tert-OH is 1. The number of rotatable bonds is 3. The first-order valence-electron chi connectivity index (χ1n) is 11.4. The number of halogens is 3. The molecule has 0 aromatic heterocycles. The highest BCUT2D eigenvalue weighted by Crippen LogP contribution is 2.47. The third-order valence-corrected chi connectivity index (χ3v) is 8.37. The van der Waals surface area contributed by atoms with Crippen molar-refractivity contribution < 1.29 is 28.1 Å². The fraction of sp³-hybridized carbons (Fsp3) is 1.00. The molecular weight excluding hydrogens is 399 g/mol. The zero-order valence-corrected chi connectivity index (χ0v) is 18.0. The van der Waals surface area contributed by atoms with Crippen molar-refractivity contribution >= 4 is 0 Å². The van der Waals surface area contributed by atoms with Crippen LogP contribution in [0.1, 0.15) is 52.9 Å². The summed E-state index contributed by atoms with van der Waals surface area (Å²) < 4.78 is 45.4. The van der Waals surface area contributed by atoms with Gasteiger partial charge < -0.3 is 20.3 Å². The molecule has 4 rings (SSSR count). The van der Waals surface area contributed by atoms with Crippen LogP contribution in [-0.2, 0) is 4.74 Å². The Morgan fingerprint density at radius 2 is 1.80 bits per heavy atom. The molecule has 8 atom stereocenters. The van der Waals surface area contributed by atoms with Crippen LogP contribution >= 0.6 is 0 Å². The quantitative estimate of drug-likeness (QED) is 0.544. The smallest absolute Gasteiger partial charge is 0.386 e. The van der Waals surface area contributed by atoms with E-state index in [4.69, 9.17) is 4.74 Å². The molecule has 0 aromatic rings. The lowest BCUT2D eigenvalue weighted by Gasteiger charge is -2.40. The number of aliphatic hydroxyl groups is 2. The minimum Gasteiger partial charge on any atom is -0.386 e. The van der Waals surface area contributed by atoms with E-state index in [9.17, 15) is 23.4 Å².